The fraction of sp³-hybridized carbons (Fsp3) is 0.143. The smallest absolute Gasteiger partial charge is 0.339 e. The van der Waals surface area contributed by atoms with Crippen LogP contribution < -0.4 is 4.18 Å². The molecule has 0 fully saturated rings. The molecule has 2 rings (SSSR count). The van der Waals surface area contributed by atoms with Crippen molar-refractivity contribution < 1.29 is 22.4 Å². The molecule has 0 saturated carbocycles. The third-order valence-electron chi connectivity index (χ3n) is 3.15. The van der Waals surface area contributed by atoms with E-state index < -0.39 is 37.1 Å². The molecule has 0 aliphatic carbocycles. The van der Waals surface area contributed by atoms with Crippen LogP contribution in [0.15, 0.2) is 41.3 Å². The molecule has 2 aromatic carbocycles. The summed E-state index contributed by atoms with van der Waals surface area (Å²) in [5.74, 6) is -0.550. The van der Waals surface area contributed by atoms with Gasteiger partial charge in [-0.3, -0.25) is 20.2 Å². The van der Waals surface area contributed by atoms with E-state index in [4.69, 9.17) is 4.18 Å². The Balaban J connectivity index is 2.54. The van der Waals surface area contributed by atoms with Gasteiger partial charge in [0, 0.05) is 11.6 Å². The van der Waals surface area contributed by atoms with Gasteiger partial charge in [0.25, 0.3) is 5.69 Å². The summed E-state index contributed by atoms with van der Waals surface area (Å²) >= 11 is 0. The topological polar surface area (TPSA) is 130 Å². The SMILES string of the molecule is Cc1ccc(S(=O)(=O)Oc2c(C)cc([N+](=O)[O-])cc2[N+](=O)[O-])cc1. The van der Waals surface area contributed by atoms with Crippen LogP contribution in [0.2, 0.25) is 0 Å². The quantitative estimate of drug-likeness (QED) is 0.459. The van der Waals surface area contributed by atoms with E-state index in [2.05, 4.69) is 0 Å². The van der Waals surface area contributed by atoms with Crippen LogP contribution in [-0.4, -0.2) is 18.3 Å². The molecule has 0 saturated heterocycles. The number of benzene rings is 2. The second-order valence-corrected chi connectivity index (χ2v) is 6.52. The van der Waals surface area contributed by atoms with Gasteiger partial charge in [0.15, 0.2) is 0 Å². The van der Waals surface area contributed by atoms with Crippen LogP contribution in [0, 0.1) is 34.1 Å². The number of nitrogens with zero attached hydrogens (tertiary/aromatic N) is 2. The lowest BCUT2D eigenvalue weighted by Crippen LogP contribution is -2.12. The van der Waals surface area contributed by atoms with Crippen molar-refractivity contribution in [2.45, 2.75) is 18.7 Å². The molecule has 2 aromatic rings. The van der Waals surface area contributed by atoms with Crippen molar-refractivity contribution in [3.8, 4) is 5.75 Å². The summed E-state index contributed by atoms with van der Waals surface area (Å²) < 4.78 is 29.5. The molecule has 126 valence electrons. The highest BCUT2D eigenvalue weighted by atomic mass is 32.2. The van der Waals surface area contributed by atoms with E-state index in [0.717, 1.165) is 11.6 Å². The number of nitro benzene ring substituents is 2. The average Bonchev–Trinajstić information content (AvgIpc) is 2.48. The first-order valence-electron chi connectivity index (χ1n) is 6.56. The number of nitro groups is 2. The Bertz CT molecular complexity index is 921. The molecular weight excluding hydrogens is 340 g/mol. The molecule has 10 heteroatoms. The summed E-state index contributed by atoms with van der Waals surface area (Å²) in [6.07, 6.45) is 0. The first-order chi connectivity index (χ1) is 11.1. The number of rotatable bonds is 5. The second-order valence-electron chi connectivity index (χ2n) is 4.98. The van der Waals surface area contributed by atoms with E-state index >= 15 is 0 Å². The van der Waals surface area contributed by atoms with Crippen LogP contribution in [-0.2, 0) is 10.1 Å². The summed E-state index contributed by atoms with van der Waals surface area (Å²) in [6, 6.07) is 7.37. The zero-order chi connectivity index (χ0) is 18.1. The molecule has 24 heavy (non-hydrogen) atoms. The third kappa shape index (κ3) is 3.49. The van der Waals surface area contributed by atoms with Crippen LogP contribution in [0.4, 0.5) is 11.4 Å². The molecule has 0 N–H and O–H groups in total. The number of hydrogen-bond acceptors (Lipinski definition) is 7. The van der Waals surface area contributed by atoms with Gasteiger partial charge in [-0.1, -0.05) is 17.7 Å². The van der Waals surface area contributed by atoms with Gasteiger partial charge in [-0.25, -0.2) is 0 Å². The molecule has 0 aromatic heterocycles. The molecule has 0 amide bonds. The van der Waals surface area contributed by atoms with Gasteiger partial charge < -0.3 is 4.18 Å². The van der Waals surface area contributed by atoms with E-state index in [1.807, 2.05) is 0 Å². The van der Waals surface area contributed by atoms with Gasteiger partial charge >= 0.3 is 15.8 Å². The van der Waals surface area contributed by atoms with Gasteiger partial charge in [-0.2, -0.15) is 8.42 Å². The molecule has 0 bridgehead atoms. The zero-order valence-electron chi connectivity index (χ0n) is 12.6. The minimum Gasteiger partial charge on any atom is -0.371 e. The fourth-order valence-electron chi connectivity index (χ4n) is 1.95. The molecule has 0 atom stereocenters. The van der Waals surface area contributed by atoms with Gasteiger partial charge in [-0.05, 0) is 26.0 Å². The molecule has 9 nitrogen and oxygen atoms in total. The van der Waals surface area contributed by atoms with Gasteiger partial charge in [0.2, 0.25) is 5.75 Å². The van der Waals surface area contributed by atoms with Crippen LogP contribution in [0.25, 0.3) is 0 Å². The summed E-state index contributed by atoms with van der Waals surface area (Å²) in [7, 11) is -4.32. The lowest BCUT2D eigenvalue weighted by molar-refractivity contribution is -0.394. The Kier molecular flexibility index (Phi) is 4.51. The third-order valence-corrected chi connectivity index (χ3v) is 4.39. The lowest BCUT2D eigenvalue weighted by atomic mass is 10.1. The van der Waals surface area contributed by atoms with Crippen molar-refractivity contribution in [3.63, 3.8) is 0 Å². The highest BCUT2D eigenvalue weighted by molar-refractivity contribution is 7.87. The van der Waals surface area contributed by atoms with Gasteiger partial charge in [-0.15, -0.1) is 0 Å². The zero-order valence-corrected chi connectivity index (χ0v) is 13.4. The first kappa shape index (κ1) is 17.3. The Hall–Kier alpha value is -3.01. The molecule has 0 heterocycles. The predicted octanol–water partition coefficient (Wildman–Crippen LogP) is 2.89. The summed E-state index contributed by atoms with van der Waals surface area (Å²) in [5, 5.41) is 21.9. The van der Waals surface area contributed by atoms with Crippen LogP contribution in [0.5, 0.6) is 5.75 Å². The van der Waals surface area contributed by atoms with Crippen LogP contribution >= 0.6 is 0 Å². The van der Waals surface area contributed by atoms with Crippen molar-refractivity contribution in [2.75, 3.05) is 0 Å². The number of aryl methyl sites for hydroxylation is 2. The normalized spacial score (nSPS) is 11.1. The average molecular weight is 352 g/mol. The van der Waals surface area contributed by atoms with Crippen molar-refractivity contribution in [1.29, 1.82) is 0 Å². The molecule has 0 spiro atoms. The Morgan fingerprint density at radius 1 is 0.958 bits per heavy atom. The number of hydrogen-bond donors (Lipinski definition) is 0. The summed E-state index contributed by atoms with van der Waals surface area (Å²) in [5.41, 5.74) is -0.533. The monoisotopic (exact) mass is 352 g/mol. The van der Waals surface area contributed by atoms with Crippen molar-refractivity contribution in [1.82, 2.24) is 0 Å². The van der Waals surface area contributed by atoms with E-state index in [-0.39, 0.29) is 10.5 Å². The Morgan fingerprint density at radius 3 is 2.04 bits per heavy atom. The van der Waals surface area contributed by atoms with E-state index in [1.54, 1.807) is 19.1 Å². The molecule has 0 aliphatic heterocycles. The summed E-state index contributed by atoms with van der Waals surface area (Å²) in [4.78, 5) is 20.0. The van der Waals surface area contributed by atoms with Crippen LogP contribution in [0.1, 0.15) is 11.1 Å². The second kappa shape index (κ2) is 6.24. The molecule has 0 unspecified atom stereocenters. The lowest BCUT2D eigenvalue weighted by Gasteiger charge is -2.10. The maximum atomic E-state index is 12.3. The fourth-order valence-corrected chi connectivity index (χ4v) is 2.95. The van der Waals surface area contributed by atoms with Gasteiger partial charge in [0.05, 0.1) is 15.9 Å². The minimum absolute atomic E-state index is 0.0356. The van der Waals surface area contributed by atoms with Crippen molar-refractivity contribution in [3.05, 3.63) is 67.8 Å². The standard InChI is InChI=1S/C14H12N2O7S/c1-9-3-5-12(6-4-9)24(21,22)23-14-10(2)7-11(15(17)18)8-13(14)16(19)20/h3-8H,1-2H3. The van der Waals surface area contributed by atoms with Crippen LogP contribution in [0.3, 0.4) is 0 Å². The molecular formula is C14H12N2O7S. The minimum atomic E-state index is -4.32. The van der Waals surface area contributed by atoms with Gasteiger partial charge in [0.1, 0.15) is 4.90 Å². The van der Waals surface area contributed by atoms with Crippen molar-refractivity contribution in [2.24, 2.45) is 0 Å². The molecule has 0 radical (unpaired) electrons. The number of non-ortho nitro benzene ring substituents is 1. The Labute approximate surface area is 136 Å². The highest BCUT2D eigenvalue weighted by Gasteiger charge is 2.28. The highest BCUT2D eigenvalue weighted by Crippen LogP contribution is 2.36. The van der Waals surface area contributed by atoms with Crippen molar-refractivity contribution >= 4 is 21.5 Å². The largest absolute Gasteiger partial charge is 0.371 e. The Morgan fingerprint density at radius 2 is 1.54 bits per heavy atom. The predicted molar refractivity (Wildman–Crippen MR) is 83.5 cm³/mol. The van der Waals surface area contributed by atoms with E-state index in [9.17, 15) is 28.6 Å². The maximum Gasteiger partial charge on any atom is 0.339 e. The van der Waals surface area contributed by atoms with E-state index in [1.165, 1.54) is 19.1 Å². The molecule has 0 aliphatic rings. The first-order valence-corrected chi connectivity index (χ1v) is 7.97. The summed E-state index contributed by atoms with van der Waals surface area (Å²) in [6.45, 7) is 3.06. The van der Waals surface area contributed by atoms with E-state index in [0.29, 0.717) is 6.07 Å². The maximum absolute atomic E-state index is 12.3.